The van der Waals surface area contributed by atoms with Crippen LogP contribution in [0.25, 0.3) is 0 Å². The lowest BCUT2D eigenvalue weighted by atomic mass is 10.3. The SMILES string of the molecule is CCCNc1nc(N(CC)Cc2cccs2)c(Cl)cc1Cl. The summed E-state index contributed by atoms with van der Waals surface area (Å²) in [4.78, 5) is 8.06. The van der Waals surface area contributed by atoms with Gasteiger partial charge in [-0.2, -0.15) is 0 Å². The van der Waals surface area contributed by atoms with E-state index in [1.165, 1.54) is 4.88 Å². The first kappa shape index (κ1) is 16.4. The number of thiophene rings is 1. The zero-order valence-corrected chi connectivity index (χ0v) is 14.5. The van der Waals surface area contributed by atoms with Crippen LogP contribution in [-0.4, -0.2) is 18.1 Å². The van der Waals surface area contributed by atoms with Gasteiger partial charge in [-0.05, 0) is 30.9 Å². The number of halogens is 2. The fraction of sp³-hybridized carbons (Fsp3) is 0.400. The number of hydrogen-bond donors (Lipinski definition) is 1. The van der Waals surface area contributed by atoms with Crippen molar-refractivity contribution in [2.75, 3.05) is 23.3 Å². The maximum atomic E-state index is 6.34. The number of nitrogens with one attached hydrogen (secondary N) is 1. The molecule has 6 heteroatoms. The van der Waals surface area contributed by atoms with Crippen LogP contribution in [0.15, 0.2) is 23.6 Å². The highest BCUT2D eigenvalue weighted by Gasteiger charge is 2.15. The minimum Gasteiger partial charge on any atom is -0.369 e. The Hall–Kier alpha value is -0.970. The van der Waals surface area contributed by atoms with Crippen molar-refractivity contribution < 1.29 is 0 Å². The maximum Gasteiger partial charge on any atom is 0.150 e. The Morgan fingerprint density at radius 3 is 2.71 bits per heavy atom. The standard InChI is InChI=1S/C15H19Cl2N3S/c1-3-7-18-14-12(16)9-13(17)15(19-14)20(4-2)10-11-6-5-8-21-11/h5-6,8-9H,3-4,7,10H2,1-2H3,(H,18,19). The fourth-order valence-corrected chi connectivity index (χ4v) is 3.24. The summed E-state index contributed by atoms with van der Waals surface area (Å²) in [5.41, 5.74) is 0. The maximum absolute atomic E-state index is 6.34. The van der Waals surface area contributed by atoms with E-state index in [0.717, 1.165) is 31.9 Å². The molecule has 0 aliphatic rings. The molecule has 2 rings (SSSR count). The summed E-state index contributed by atoms with van der Waals surface area (Å²) in [6, 6.07) is 5.94. The van der Waals surface area contributed by atoms with E-state index in [1.807, 2.05) is 0 Å². The lowest BCUT2D eigenvalue weighted by Crippen LogP contribution is -2.23. The monoisotopic (exact) mass is 343 g/mol. The molecule has 0 bridgehead atoms. The minimum atomic E-state index is 0.560. The molecule has 0 saturated carbocycles. The van der Waals surface area contributed by atoms with E-state index >= 15 is 0 Å². The Labute approximate surface area is 139 Å². The smallest absolute Gasteiger partial charge is 0.150 e. The van der Waals surface area contributed by atoms with Crippen LogP contribution in [0.3, 0.4) is 0 Å². The third-order valence-electron chi connectivity index (χ3n) is 3.06. The summed E-state index contributed by atoms with van der Waals surface area (Å²) in [6.45, 7) is 6.67. The molecule has 1 N–H and O–H groups in total. The van der Waals surface area contributed by atoms with Gasteiger partial charge < -0.3 is 10.2 Å². The molecule has 2 aromatic rings. The minimum absolute atomic E-state index is 0.560. The molecule has 0 aromatic carbocycles. The lowest BCUT2D eigenvalue weighted by molar-refractivity contribution is 0.823. The van der Waals surface area contributed by atoms with E-state index in [4.69, 9.17) is 23.2 Å². The Bertz CT molecular complexity index is 573. The van der Waals surface area contributed by atoms with Gasteiger partial charge in [-0.25, -0.2) is 4.98 Å². The number of pyridine rings is 1. The quantitative estimate of drug-likeness (QED) is 0.739. The molecule has 2 heterocycles. The van der Waals surface area contributed by atoms with Gasteiger partial charge in [0.25, 0.3) is 0 Å². The van der Waals surface area contributed by atoms with Gasteiger partial charge in [0, 0.05) is 18.0 Å². The number of anilines is 2. The summed E-state index contributed by atoms with van der Waals surface area (Å²) in [6.07, 6.45) is 1.02. The van der Waals surface area contributed by atoms with Crippen molar-refractivity contribution in [3.05, 3.63) is 38.5 Å². The van der Waals surface area contributed by atoms with E-state index in [9.17, 15) is 0 Å². The molecular weight excluding hydrogens is 325 g/mol. The van der Waals surface area contributed by atoms with E-state index in [-0.39, 0.29) is 0 Å². The molecule has 0 spiro atoms. The average Bonchev–Trinajstić information content (AvgIpc) is 2.97. The summed E-state index contributed by atoms with van der Waals surface area (Å²) < 4.78 is 0. The van der Waals surface area contributed by atoms with Crippen molar-refractivity contribution in [2.45, 2.75) is 26.8 Å². The Balaban J connectivity index is 2.26. The van der Waals surface area contributed by atoms with E-state index in [0.29, 0.717) is 15.9 Å². The molecule has 0 aliphatic heterocycles. The summed E-state index contributed by atoms with van der Waals surface area (Å²) in [5.74, 6) is 1.47. The van der Waals surface area contributed by atoms with Crippen LogP contribution in [0.4, 0.5) is 11.6 Å². The average molecular weight is 344 g/mol. The zero-order chi connectivity index (χ0) is 15.2. The molecule has 0 saturated heterocycles. The molecule has 0 fully saturated rings. The molecule has 2 aromatic heterocycles. The Kier molecular flexibility index (Phi) is 6.15. The van der Waals surface area contributed by atoms with Crippen molar-refractivity contribution in [1.29, 1.82) is 0 Å². The summed E-state index contributed by atoms with van der Waals surface area (Å²) in [7, 11) is 0. The van der Waals surface area contributed by atoms with Gasteiger partial charge in [-0.3, -0.25) is 0 Å². The van der Waals surface area contributed by atoms with E-state index in [2.05, 4.69) is 46.6 Å². The van der Waals surface area contributed by atoms with E-state index < -0.39 is 0 Å². The highest BCUT2D eigenvalue weighted by molar-refractivity contribution is 7.09. The van der Waals surface area contributed by atoms with Crippen LogP contribution in [0, 0.1) is 0 Å². The van der Waals surface area contributed by atoms with Crippen LogP contribution in [0.2, 0.25) is 10.0 Å². The second-order valence-electron chi connectivity index (χ2n) is 4.64. The lowest BCUT2D eigenvalue weighted by Gasteiger charge is -2.23. The summed E-state index contributed by atoms with van der Waals surface area (Å²) >= 11 is 14.3. The number of aromatic nitrogens is 1. The van der Waals surface area contributed by atoms with Gasteiger partial charge in [0.1, 0.15) is 11.6 Å². The Morgan fingerprint density at radius 1 is 1.29 bits per heavy atom. The van der Waals surface area contributed by atoms with Gasteiger partial charge in [0.05, 0.1) is 16.6 Å². The van der Waals surface area contributed by atoms with Gasteiger partial charge >= 0.3 is 0 Å². The van der Waals surface area contributed by atoms with Crippen molar-refractivity contribution >= 4 is 46.2 Å². The van der Waals surface area contributed by atoms with E-state index in [1.54, 1.807) is 17.4 Å². The third-order valence-corrected chi connectivity index (χ3v) is 4.49. The number of nitrogens with zero attached hydrogens (tertiary/aromatic N) is 2. The molecule has 0 amide bonds. The van der Waals surface area contributed by atoms with Crippen molar-refractivity contribution in [2.24, 2.45) is 0 Å². The van der Waals surface area contributed by atoms with Gasteiger partial charge in [0.15, 0.2) is 0 Å². The molecule has 0 radical (unpaired) electrons. The summed E-state index contributed by atoms with van der Waals surface area (Å²) in [5, 5.41) is 6.46. The van der Waals surface area contributed by atoms with Crippen LogP contribution in [0.5, 0.6) is 0 Å². The topological polar surface area (TPSA) is 28.2 Å². The molecule has 0 atom stereocenters. The second-order valence-corrected chi connectivity index (χ2v) is 6.49. The normalized spacial score (nSPS) is 10.7. The van der Waals surface area contributed by atoms with Crippen LogP contribution in [-0.2, 0) is 6.54 Å². The van der Waals surface area contributed by atoms with Gasteiger partial charge in [0.2, 0.25) is 0 Å². The highest BCUT2D eigenvalue weighted by Crippen LogP contribution is 2.32. The van der Waals surface area contributed by atoms with Crippen molar-refractivity contribution in [1.82, 2.24) is 4.98 Å². The van der Waals surface area contributed by atoms with Crippen LogP contribution in [0.1, 0.15) is 25.1 Å². The van der Waals surface area contributed by atoms with Crippen LogP contribution >= 0.6 is 34.5 Å². The third kappa shape index (κ3) is 4.25. The fourth-order valence-electron chi connectivity index (χ4n) is 1.97. The van der Waals surface area contributed by atoms with Crippen molar-refractivity contribution in [3.8, 4) is 0 Å². The molecule has 0 unspecified atom stereocenters. The Morgan fingerprint density at radius 2 is 2.10 bits per heavy atom. The molecule has 21 heavy (non-hydrogen) atoms. The predicted octanol–water partition coefficient (Wildman–Crippen LogP) is 5.30. The van der Waals surface area contributed by atoms with Crippen LogP contribution < -0.4 is 10.2 Å². The number of hydrogen-bond acceptors (Lipinski definition) is 4. The first-order chi connectivity index (χ1) is 10.2. The number of rotatable bonds is 7. The molecule has 114 valence electrons. The molecule has 0 aliphatic carbocycles. The van der Waals surface area contributed by atoms with Gasteiger partial charge in [-0.15, -0.1) is 11.3 Å². The molecular formula is C15H19Cl2N3S. The zero-order valence-electron chi connectivity index (χ0n) is 12.2. The first-order valence-electron chi connectivity index (χ1n) is 7.03. The largest absolute Gasteiger partial charge is 0.369 e. The second kappa shape index (κ2) is 7.87. The highest BCUT2D eigenvalue weighted by atomic mass is 35.5. The predicted molar refractivity (Wildman–Crippen MR) is 94.1 cm³/mol. The van der Waals surface area contributed by atoms with Crippen molar-refractivity contribution in [3.63, 3.8) is 0 Å². The van der Waals surface area contributed by atoms with Gasteiger partial charge in [-0.1, -0.05) is 36.2 Å². The first-order valence-corrected chi connectivity index (χ1v) is 8.66. The molecule has 3 nitrogen and oxygen atoms in total.